The van der Waals surface area contributed by atoms with Crippen LogP contribution in [0.3, 0.4) is 0 Å². The predicted octanol–water partition coefficient (Wildman–Crippen LogP) is 3.41. The van der Waals surface area contributed by atoms with Gasteiger partial charge < -0.3 is 15.5 Å². The Morgan fingerprint density at radius 1 is 1.04 bits per heavy atom. The first-order valence-corrected chi connectivity index (χ1v) is 7.48. The standard InChI is InChI=1S/C18H20FN3O2/c1-12-4-9-15(11-16(12)21-18(24)22(2)3)20-17(23)10-13-5-7-14(19)8-6-13/h4-9,11H,10H2,1-3H3,(H,20,23)(H,21,24). The second kappa shape index (κ2) is 7.59. The molecule has 3 amide bonds. The van der Waals surface area contributed by atoms with Crippen LogP contribution in [0.5, 0.6) is 0 Å². The van der Waals surface area contributed by atoms with Crippen LogP contribution in [0.25, 0.3) is 0 Å². The fourth-order valence-electron chi connectivity index (χ4n) is 2.05. The van der Waals surface area contributed by atoms with Crippen molar-refractivity contribution in [1.82, 2.24) is 4.90 Å². The average molecular weight is 329 g/mol. The summed E-state index contributed by atoms with van der Waals surface area (Å²) in [5, 5.41) is 5.55. The van der Waals surface area contributed by atoms with E-state index in [0.29, 0.717) is 11.4 Å². The van der Waals surface area contributed by atoms with E-state index in [2.05, 4.69) is 10.6 Å². The molecule has 0 aliphatic rings. The van der Waals surface area contributed by atoms with Crippen LogP contribution < -0.4 is 10.6 Å². The Morgan fingerprint density at radius 2 is 1.71 bits per heavy atom. The third-order valence-corrected chi connectivity index (χ3v) is 3.45. The van der Waals surface area contributed by atoms with Gasteiger partial charge in [0.25, 0.3) is 0 Å². The molecule has 0 heterocycles. The van der Waals surface area contributed by atoms with Gasteiger partial charge in [-0.2, -0.15) is 0 Å². The Hall–Kier alpha value is -2.89. The van der Waals surface area contributed by atoms with Crippen molar-refractivity contribution in [2.75, 3.05) is 24.7 Å². The van der Waals surface area contributed by atoms with E-state index in [-0.39, 0.29) is 24.2 Å². The van der Waals surface area contributed by atoms with Crippen LogP contribution in [0.2, 0.25) is 0 Å². The number of rotatable bonds is 4. The van der Waals surface area contributed by atoms with E-state index in [1.54, 1.807) is 38.4 Å². The number of benzene rings is 2. The smallest absolute Gasteiger partial charge is 0.321 e. The average Bonchev–Trinajstić information content (AvgIpc) is 2.52. The maximum atomic E-state index is 12.9. The number of hydrogen-bond donors (Lipinski definition) is 2. The van der Waals surface area contributed by atoms with Crippen molar-refractivity contribution in [2.45, 2.75) is 13.3 Å². The summed E-state index contributed by atoms with van der Waals surface area (Å²) in [6, 6.07) is 10.8. The summed E-state index contributed by atoms with van der Waals surface area (Å²) < 4.78 is 12.9. The number of nitrogens with zero attached hydrogens (tertiary/aromatic N) is 1. The molecule has 0 aliphatic carbocycles. The van der Waals surface area contributed by atoms with Crippen molar-refractivity contribution in [3.8, 4) is 0 Å². The van der Waals surface area contributed by atoms with Crippen molar-refractivity contribution < 1.29 is 14.0 Å². The molecule has 2 rings (SSSR count). The number of hydrogen-bond acceptors (Lipinski definition) is 2. The van der Waals surface area contributed by atoms with Gasteiger partial charge in [0.2, 0.25) is 5.91 Å². The van der Waals surface area contributed by atoms with Gasteiger partial charge in [-0.3, -0.25) is 4.79 Å². The van der Waals surface area contributed by atoms with Crippen LogP contribution >= 0.6 is 0 Å². The van der Waals surface area contributed by atoms with Crippen molar-refractivity contribution >= 4 is 23.3 Å². The molecule has 6 heteroatoms. The van der Waals surface area contributed by atoms with Crippen molar-refractivity contribution in [3.05, 3.63) is 59.4 Å². The van der Waals surface area contributed by atoms with E-state index in [0.717, 1.165) is 11.1 Å². The Labute approximate surface area is 140 Å². The first kappa shape index (κ1) is 17.5. The Kier molecular flexibility index (Phi) is 5.52. The van der Waals surface area contributed by atoms with Gasteiger partial charge in [0, 0.05) is 25.5 Å². The molecule has 5 nitrogen and oxygen atoms in total. The Bertz CT molecular complexity index is 742. The van der Waals surface area contributed by atoms with Gasteiger partial charge in [0.05, 0.1) is 6.42 Å². The lowest BCUT2D eigenvalue weighted by atomic mass is 10.1. The SMILES string of the molecule is Cc1ccc(NC(=O)Cc2ccc(F)cc2)cc1NC(=O)N(C)C. The number of carbonyl (C=O) groups excluding carboxylic acids is 2. The van der Waals surface area contributed by atoms with E-state index >= 15 is 0 Å². The molecule has 0 bridgehead atoms. The molecule has 2 aromatic carbocycles. The number of nitrogens with one attached hydrogen (secondary N) is 2. The van der Waals surface area contributed by atoms with Crippen LogP contribution in [0.1, 0.15) is 11.1 Å². The molecule has 0 atom stereocenters. The second-order valence-electron chi connectivity index (χ2n) is 5.71. The van der Waals surface area contributed by atoms with Crippen LogP contribution in [0.15, 0.2) is 42.5 Å². The third kappa shape index (κ3) is 4.81. The van der Waals surface area contributed by atoms with E-state index in [1.807, 2.05) is 13.0 Å². The Balaban J connectivity index is 2.05. The van der Waals surface area contributed by atoms with Crippen LogP contribution in [-0.2, 0) is 11.2 Å². The molecule has 0 saturated carbocycles. The lowest BCUT2D eigenvalue weighted by Gasteiger charge is -2.15. The molecule has 2 aromatic rings. The minimum Gasteiger partial charge on any atom is -0.331 e. The molecule has 0 unspecified atom stereocenters. The lowest BCUT2D eigenvalue weighted by molar-refractivity contribution is -0.115. The summed E-state index contributed by atoms with van der Waals surface area (Å²) in [5.74, 6) is -0.547. The van der Waals surface area contributed by atoms with E-state index in [9.17, 15) is 14.0 Å². The predicted molar refractivity (Wildman–Crippen MR) is 92.6 cm³/mol. The molecule has 0 saturated heterocycles. The monoisotopic (exact) mass is 329 g/mol. The zero-order valence-electron chi connectivity index (χ0n) is 13.9. The van der Waals surface area contributed by atoms with Crippen molar-refractivity contribution in [3.63, 3.8) is 0 Å². The van der Waals surface area contributed by atoms with Crippen LogP contribution in [-0.4, -0.2) is 30.9 Å². The van der Waals surface area contributed by atoms with Gasteiger partial charge in [0.1, 0.15) is 5.82 Å². The number of aryl methyl sites for hydroxylation is 1. The zero-order chi connectivity index (χ0) is 17.7. The van der Waals surface area contributed by atoms with Crippen molar-refractivity contribution in [2.24, 2.45) is 0 Å². The number of amides is 3. The molecule has 126 valence electrons. The van der Waals surface area contributed by atoms with E-state index < -0.39 is 0 Å². The highest BCUT2D eigenvalue weighted by Crippen LogP contribution is 2.21. The maximum Gasteiger partial charge on any atom is 0.321 e. The fourth-order valence-corrected chi connectivity index (χ4v) is 2.05. The highest BCUT2D eigenvalue weighted by atomic mass is 19.1. The third-order valence-electron chi connectivity index (χ3n) is 3.45. The van der Waals surface area contributed by atoms with Gasteiger partial charge in [-0.1, -0.05) is 18.2 Å². The number of carbonyl (C=O) groups is 2. The first-order valence-electron chi connectivity index (χ1n) is 7.48. The van der Waals surface area contributed by atoms with E-state index in [1.165, 1.54) is 17.0 Å². The molecule has 2 N–H and O–H groups in total. The molecular weight excluding hydrogens is 309 g/mol. The summed E-state index contributed by atoms with van der Waals surface area (Å²) >= 11 is 0. The Morgan fingerprint density at radius 3 is 2.33 bits per heavy atom. The number of urea groups is 1. The first-order chi connectivity index (χ1) is 11.3. The summed E-state index contributed by atoms with van der Waals surface area (Å²) in [6.07, 6.45) is 0.146. The summed E-state index contributed by atoms with van der Waals surface area (Å²) in [6.45, 7) is 1.87. The highest BCUT2D eigenvalue weighted by Gasteiger charge is 2.09. The van der Waals surface area contributed by atoms with Crippen molar-refractivity contribution in [1.29, 1.82) is 0 Å². The second-order valence-corrected chi connectivity index (χ2v) is 5.71. The van der Waals surface area contributed by atoms with Gasteiger partial charge in [-0.25, -0.2) is 9.18 Å². The zero-order valence-corrected chi connectivity index (χ0v) is 13.9. The molecule has 0 spiro atoms. The maximum absolute atomic E-state index is 12.9. The molecule has 0 aliphatic heterocycles. The van der Waals surface area contributed by atoms with Crippen LogP contribution in [0, 0.1) is 12.7 Å². The summed E-state index contributed by atoms with van der Waals surface area (Å²) in [4.78, 5) is 25.3. The number of anilines is 2. The largest absolute Gasteiger partial charge is 0.331 e. The van der Waals surface area contributed by atoms with Crippen LogP contribution in [0.4, 0.5) is 20.6 Å². The molecule has 0 fully saturated rings. The number of halogens is 1. The quantitative estimate of drug-likeness (QED) is 0.903. The van der Waals surface area contributed by atoms with Gasteiger partial charge in [-0.05, 0) is 42.3 Å². The molecule has 0 aromatic heterocycles. The molecule has 0 radical (unpaired) electrons. The minimum atomic E-state index is -0.334. The molecule has 24 heavy (non-hydrogen) atoms. The highest BCUT2D eigenvalue weighted by molar-refractivity contribution is 5.94. The normalized spacial score (nSPS) is 10.2. The summed E-state index contributed by atoms with van der Waals surface area (Å²) in [7, 11) is 3.30. The van der Waals surface area contributed by atoms with Gasteiger partial charge in [-0.15, -0.1) is 0 Å². The fraction of sp³-hybridized carbons (Fsp3) is 0.222. The molecular formula is C18H20FN3O2. The lowest BCUT2D eigenvalue weighted by Crippen LogP contribution is -2.27. The topological polar surface area (TPSA) is 61.4 Å². The van der Waals surface area contributed by atoms with E-state index in [4.69, 9.17) is 0 Å². The van der Waals surface area contributed by atoms with Gasteiger partial charge in [0.15, 0.2) is 0 Å². The summed E-state index contributed by atoms with van der Waals surface area (Å²) in [5.41, 5.74) is 2.83. The van der Waals surface area contributed by atoms with Gasteiger partial charge >= 0.3 is 6.03 Å². The minimum absolute atomic E-state index is 0.146.